The van der Waals surface area contributed by atoms with Crippen LogP contribution in [-0.2, 0) is 0 Å². The van der Waals surface area contributed by atoms with Gasteiger partial charge in [0.15, 0.2) is 0 Å². The van der Waals surface area contributed by atoms with Crippen molar-refractivity contribution in [3.8, 4) is 0 Å². The molecule has 0 unspecified atom stereocenters. The highest BCUT2D eigenvalue weighted by atomic mass is 32.2. The monoisotopic (exact) mass is 129 g/mol. The summed E-state index contributed by atoms with van der Waals surface area (Å²) < 4.78 is 0. The Morgan fingerprint density at radius 3 is 2.88 bits per heavy atom. The highest BCUT2D eigenvalue weighted by molar-refractivity contribution is 8.03. The van der Waals surface area contributed by atoms with Gasteiger partial charge >= 0.3 is 0 Å². The quantitative estimate of drug-likeness (QED) is 0.531. The van der Waals surface area contributed by atoms with E-state index >= 15 is 0 Å². The zero-order chi connectivity index (χ0) is 5.98. The van der Waals surface area contributed by atoms with E-state index in [-0.39, 0.29) is 0 Å². The summed E-state index contributed by atoms with van der Waals surface area (Å²) in [5.74, 6) is 1.16. The standard InChI is InChI=1S/C6H11NS/c1-3-7-4-6(2)8-5-7/h4H,3,5H2,1-2H3. The summed E-state index contributed by atoms with van der Waals surface area (Å²) in [6.45, 7) is 5.47. The van der Waals surface area contributed by atoms with Gasteiger partial charge in [0.25, 0.3) is 0 Å². The molecule has 0 atom stereocenters. The molecule has 8 heavy (non-hydrogen) atoms. The average molecular weight is 129 g/mol. The van der Waals surface area contributed by atoms with Crippen LogP contribution in [0.25, 0.3) is 0 Å². The van der Waals surface area contributed by atoms with Gasteiger partial charge in [0, 0.05) is 12.7 Å². The molecule has 1 aliphatic heterocycles. The maximum atomic E-state index is 2.31. The first-order chi connectivity index (χ1) is 3.83. The Labute approximate surface area is 54.8 Å². The molecule has 0 aromatic heterocycles. The van der Waals surface area contributed by atoms with Gasteiger partial charge in [-0.15, -0.1) is 11.8 Å². The van der Waals surface area contributed by atoms with Crippen LogP contribution < -0.4 is 0 Å². The second-order valence-corrected chi connectivity index (χ2v) is 3.11. The van der Waals surface area contributed by atoms with E-state index < -0.39 is 0 Å². The van der Waals surface area contributed by atoms with Crippen LogP contribution >= 0.6 is 11.8 Å². The maximum absolute atomic E-state index is 2.31. The predicted molar refractivity (Wildman–Crippen MR) is 38.6 cm³/mol. The molecular weight excluding hydrogens is 118 g/mol. The molecule has 0 saturated heterocycles. The number of rotatable bonds is 1. The van der Waals surface area contributed by atoms with E-state index in [9.17, 15) is 0 Å². The Morgan fingerprint density at radius 2 is 2.62 bits per heavy atom. The lowest BCUT2D eigenvalue weighted by Crippen LogP contribution is -2.10. The van der Waals surface area contributed by atoms with E-state index in [0.29, 0.717) is 0 Å². The Bertz CT molecular complexity index is 109. The highest BCUT2D eigenvalue weighted by Gasteiger charge is 2.05. The van der Waals surface area contributed by atoms with Crippen molar-refractivity contribution >= 4 is 11.8 Å². The lowest BCUT2D eigenvalue weighted by Gasteiger charge is -2.08. The summed E-state index contributed by atoms with van der Waals surface area (Å²) in [5.41, 5.74) is 0. The molecule has 0 aromatic rings. The van der Waals surface area contributed by atoms with Gasteiger partial charge in [-0.2, -0.15) is 0 Å². The molecule has 1 rings (SSSR count). The number of nitrogens with zero attached hydrogens (tertiary/aromatic N) is 1. The van der Waals surface area contributed by atoms with Crippen LogP contribution in [0, 0.1) is 0 Å². The second-order valence-electron chi connectivity index (χ2n) is 1.92. The molecule has 0 fully saturated rings. The van der Waals surface area contributed by atoms with Crippen LogP contribution in [0.15, 0.2) is 11.1 Å². The Balaban J connectivity index is 2.41. The van der Waals surface area contributed by atoms with Gasteiger partial charge in [-0.05, 0) is 18.8 Å². The molecule has 0 saturated carbocycles. The van der Waals surface area contributed by atoms with Crippen LogP contribution in [0.3, 0.4) is 0 Å². The summed E-state index contributed by atoms with van der Waals surface area (Å²) in [5, 5.41) is 0. The first-order valence-corrected chi connectivity index (χ1v) is 3.86. The Hall–Kier alpha value is -0.110. The number of hydrogen-bond donors (Lipinski definition) is 0. The maximum Gasteiger partial charge on any atom is 0.0677 e. The molecule has 2 heteroatoms. The minimum Gasteiger partial charge on any atom is -0.367 e. The lowest BCUT2D eigenvalue weighted by atomic mass is 10.6. The molecule has 1 nitrogen and oxygen atoms in total. The van der Waals surface area contributed by atoms with E-state index in [1.54, 1.807) is 0 Å². The molecule has 1 heterocycles. The molecule has 1 aliphatic rings. The van der Waals surface area contributed by atoms with E-state index in [4.69, 9.17) is 0 Å². The van der Waals surface area contributed by atoms with Gasteiger partial charge in [-0.25, -0.2) is 0 Å². The Morgan fingerprint density at radius 1 is 1.88 bits per heavy atom. The van der Waals surface area contributed by atoms with Crippen LogP contribution in [0.4, 0.5) is 0 Å². The van der Waals surface area contributed by atoms with Gasteiger partial charge < -0.3 is 4.90 Å². The normalized spacial score (nSPS) is 19.2. The largest absolute Gasteiger partial charge is 0.367 e. The fourth-order valence-electron chi connectivity index (χ4n) is 0.699. The van der Waals surface area contributed by atoms with E-state index in [2.05, 4.69) is 24.9 Å². The average Bonchev–Trinajstić information content (AvgIpc) is 2.14. The topological polar surface area (TPSA) is 3.24 Å². The first-order valence-electron chi connectivity index (χ1n) is 2.88. The fraction of sp³-hybridized carbons (Fsp3) is 0.667. The number of allylic oxidation sites excluding steroid dienone is 1. The SMILES string of the molecule is CCN1C=C(C)SC1. The minimum atomic E-state index is 1.14. The molecule has 0 amide bonds. The zero-order valence-electron chi connectivity index (χ0n) is 5.35. The smallest absolute Gasteiger partial charge is 0.0677 e. The third-order valence-electron chi connectivity index (χ3n) is 1.23. The first kappa shape index (κ1) is 6.02. The van der Waals surface area contributed by atoms with Crippen molar-refractivity contribution in [2.75, 3.05) is 12.4 Å². The highest BCUT2D eigenvalue weighted by Crippen LogP contribution is 2.23. The van der Waals surface area contributed by atoms with Crippen LogP contribution in [-0.4, -0.2) is 17.3 Å². The van der Waals surface area contributed by atoms with Gasteiger partial charge in [0.2, 0.25) is 0 Å². The lowest BCUT2D eigenvalue weighted by molar-refractivity contribution is 0.472. The molecule has 0 spiro atoms. The molecule has 0 aliphatic carbocycles. The number of thioether (sulfide) groups is 1. The van der Waals surface area contributed by atoms with E-state index in [1.165, 1.54) is 4.91 Å². The van der Waals surface area contributed by atoms with Crippen LogP contribution in [0.1, 0.15) is 13.8 Å². The molecule has 46 valence electrons. The zero-order valence-corrected chi connectivity index (χ0v) is 6.16. The summed E-state index contributed by atoms with van der Waals surface area (Å²) in [7, 11) is 0. The van der Waals surface area contributed by atoms with Crippen LogP contribution in [0.5, 0.6) is 0 Å². The molecule has 0 bridgehead atoms. The van der Waals surface area contributed by atoms with Crippen molar-refractivity contribution in [3.05, 3.63) is 11.1 Å². The number of hydrogen-bond acceptors (Lipinski definition) is 2. The van der Waals surface area contributed by atoms with Crippen molar-refractivity contribution in [3.63, 3.8) is 0 Å². The molecule has 0 radical (unpaired) electrons. The van der Waals surface area contributed by atoms with Gasteiger partial charge in [-0.3, -0.25) is 0 Å². The molecular formula is C6H11NS. The van der Waals surface area contributed by atoms with Crippen molar-refractivity contribution in [1.29, 1.82) is 0 Å². The predicted octanol–water partition coefficient (Wildman–Crippen LogP) is 1.87. The van der Waals surface area contributed by atoms with E-state index in [0.717, 1.165) is 12.4 Å². The summed E-state index contributed by atoms with van der Waals surface area (Å²) in [6, 6.07) is 0. The molecule has 0 N–H and O–H groups in total. The van der Waals surface area contributed by atoms with E-state index in [1.807, 2.05) is 11.8 Å². The van der Waals surface area contributed by atoms with Gasteiger partial charge in [0.1, 0.15) is 0 Å². The second kappa shape index (κ2) is 2.44. The minimum absolute atomic E-state index is 1.14. The summed E-state index contributed by atoms with van der Waals surface area (Å²) in [6.07, 6.45) is 2.21. The van der Waals surface area contributed by atoms with Crippen molar-refractivity contribution in [1.82, 2.24) is 4.90 Å². The van der Waals surface area contributed by atoms with Crippen molar-refractivity contribution in [2.24, 2.45) is 0 Å². The fourth-order valence-corrected chi connectivity index (χ4v) is 1.55. The third kappa shape index (κ3) is 1.19. The summed E-state index contributed by atoms with van der Waals surface area (Å²) >= 11 is 1.92. The third-order valence-corrected chi connectivity index (χ3v) is 2.25. The molecule has 0 aromatic carbocycles. The van der Waals surface area contributed by atoms with Crippen molar-refractivity contribution < 1.29 is 0 Å². The van der Waals surface area contributed by atoms with Gasteiger partial charge in [-0.1, -0.05) is 0 Å². The summed E-state index contributed by atoms with van der Waals surface area (Å²) in [4.78, 5) is 3.74. The Kier molecular flexibility index (Phi) is 1.84. The van der Waals surface area contributed by atoms with Crippen LogP contribution in [0.2, 0.25) is 0 Å². The van der Waals surface area contributed by atoms with Gasteiger partial charge in [0.05, 0.1) is 5.88 Å². The van der Waals surface area contributed by atoms with Crippen molar-refractivity contribution in [2.45, 2.75) is 13.8 Å².